The Morgan fingerprint density at radius 1 is 1.11 bits per heavy atom. The van der Waals surface area contributed by atoms with Gasteiger partial charge < -0.3 is 10.1 Å². The van der Waals surface area contributed by atoms with E-state index in [-0.39, 0.29) is 17.2 Å². The van der Waals surface area contributed by atoms with Gasteiger partial charge in [0, 0.05) is 10.0 Å². The maximum Gasteiger partial charge on any atom is 0.314 e. The number of rotatable bonds is 6. The molecule has 0 aliphatic heterocycles. The monoisotopic (exact) mass is 404 g/mol. The number of hydrogen-bond donors (Lipinski definition) is 1. The molecule has 2 rings (SSSR count). The molecule has 0 unspecified atom stereocenters. The number of carbonyl (C=O) groups is 2. The van der Waals surface area contributed by atoms with Crippen LogP contribution in [-0.2, 0) is 14.3 Å². The van der Waals surface area contributed by atoms with Crippen LogP contribution in [-0.4, -0.2) is 18.5 Å². The van der Waals surface area contributed by atoms with Crippen molar-refractivity contribution in [3.05, 3.63) is 63.6 Å². The first-order valence-corrected chi connectivity index (χ1v) is 8.99. The minimum Gasteiger partial charge on any atom is -0.455 e. The van der Waals surface area contributed by atoms with E-state index < -0.39 is 24.4 Å². The molecule has 0 heterocycles. The molecule has 0 saturated carbocycles. The maximum atomic E-state index is 12.5. The lowest BCUT2D eigenvalue weighted by Crippen LogP contribution is -2.26. The van der Waals surface area contributed by atoms with Crippen molar-refractivity contribution < 1.29 is 14.3 Å². The van der Waals surface area contributed by atoms with Crippen LogP contribution in [0.1, 0.15) is 30.9 Å². The number of hydrogen-bond acceptors (Lipinski definition) is 4. The Labute approximate surface area is 167 Å². The summed E-state index contributed by atoms with van der Waals surface area (Å²) in [6.07, 6.45) is 0. The highest BCUT2D eigenvalue weighted by Crippen LogP contribution is 2.27. The van der Waals surface area contributed by atoms with Crippen molar-refractivity contribution in [3.8, 4) is 6.07 Å². The Bertz CT molecular complexity index is 874. The van der Waals surface area contributed by atoms with Crippen LogP contribution in [0.5, 0.6) is 0 Å². The zero-order valence-electron chi connectivity index (χ0n) is 14.8. The largest absolute Gasteiger partial charge is 0.455 e. The fourth-order valence-electron chi connectivity index (χ4n) is 2.59. The number of amides is 1. The Hall–Kier alpha value is -2.55. The Balaban J connectivity index is 2.03. The van der Waals surface area contributed by atoms with E-state index in [1.165, 1.54) is 12.1 Å². The predicted octanol–water partition coefficient (Wildman–Crippen LogP) is 4.79. The minimum atomic E-state index is -0.555. The second-order valence-corrected chi connectivity index (χ2v) is 7.10. The molecule has 0 aromatic heterocycles. The lowest BCUT2D eigenvalue weighted by molar-refractivity contribution is -0.149. The quantitative estimate of drug-likeness (QED) is 0.701. The number of carbonyl (C=O) groups excluding carboxylic acids is 2. The van der Waals surface area contributed by atoms with Crippen LogP contribution in [0.2, 0.25) is 10.0 Å². The lowest BCUT2D eigenvalue weighted by Gasteiger charge is -2.20. The molecule has 140 valence electrons. The first kappa shape index (κ1) is 20.8. The first-order chi connectivity index (χ1) is 12.8. The molecule has 0 aliphatic carbocycles. The molecule has 1 N–H and O–H groups in total. The number of halogens is 2. The third kappa shape index (κ3) is 5.72. The zero-order valence-corrected chi connectivity index (χ0v) is 16.3. The fraction of sp³-hybridized carbons (Fsp3) is 0.250. The number of anilines is 1. The molecule has 5 nitrogen and oxygen atoms in total. The van der Waals surface area contributed by atoms with Crippen molar-refractivity contribution >= 4 is 40.8 Å². The van der Waals surface area contributed by atoms with Crippen molar-refractivity contribution in [2.45, 2.75) is 19.8 Å². The molecular formula is C20H18Cl2N2O3. The van der Waals surface area contributed by atoms with E-state index in [1.807, 2.05) is 19.9 Å². The van der Waals surface area contributed by atoms with E-state index >= 15 is 0 Å². The van der Waals surface area contributed by atoms with Crippen LogP contribution < -0.4 is 5.32 Å². The van der Waals surface area contributed by atoms with Crippen LogP contribution in [0, 0.1) is 17.2 Å². The van der Waals surface area contributed by atoms with Crippen molar-refractivity contribution in [1.82, 2.24) is 0 Å². The number of benzene rings is 2. The first-order valence-electron chi connectivity index (χ1n) is 8.23. The van der Waals surface area contributed by atoms with Crippen LogP contribution in [0.15, 0.2) is 42.5 Å². The molecule has 7 heteroatoms. The van der Waals surface area contributed by atoms with Gasteiger partial charge in [-0.3, -0.25) is 9.59 Å². The van der Waals surface area contributed by atoms with E-state index in [2.05, 4.69) is 5.32 Å². The molecule has 27 heavy (non-hydrogen) atoms. The van der Waals surface area contributed by atoms with E-state index in [4.69, 9.17) is 33.2 Å². The smallest absolute Gasteiger partial charge is 0.314 e. The van der Waals surface area contributed by atoms with Gasteiger partial charge >= 0.3 is 5.97 Å². The molecule has 2 aromatic rings. The van der Waals surface area contributed by atoms with Gasteiger partial charge in [0.05, 0.1) is 17.2 Å². The highest BCUT2D eigenvalue weighted by atomic mass is 35.5. The third-order valence-corrected chi connectivity index (χ3v) is 4.36. The van der Waals surface area contributed by atoms with Crippen LogP contribution >= 0.6 is 23.2 Å². The van der Waals surface area contributed by atoms with Crippen molar-refractivity contribution in [2.75, 3.05) is 11.9 Å². The molecule has 0 radical (unpaired) electrons. The van der Waals surface area contributed by atoms with Gasteiger partial charge in [-0.05, 0) is 41.8 Å². The summed E-state index contributed by atoms with van der Waals surface area (Å²) in [6, 6.07) is 13.4. The molecular weight excluding hydrogens is 387 g/mol. The Morgan fingerprint density at radius 2 is 1.74 bits per heavy atom. The van der Waals surface area contributed by atoms with Crippen LogP contribution in [0.3, 0.4) is 0 Å². The topological polar surface area (TPSA) is 79.2 Å². The third-order valence-electron chi connectivity index (χ3n) is 3.87. The highest BCUT2D eigenvalue weighted by molar-refractivity contribution is 6.31. The summed E-state index contributed by atoms with van der Waals surface area (Å²) in [5.41, 5.74) is 1.30. The van der Waals surface area contributed by atoms with E-state index in [1.54, 1.807) is 30.3 Å². The summed E-state index contributed by atoms with van der Waals surface area (Å²) in [7, 11) is 0. The number of nitrogens with one attached hydrogen (secondary N) is 1. The van der Waals surface area contributed by atoms with Gasteiger partial charge in [-0.1, -0.05) is 49.2 Å². The maximum absolute atomic E-state index is 12.5. The second kappa shape index (κ2) is 9.40. The van der Waals surface area contributed by atoms with Gasteiger partial charge in [0.1, 0.15) is 6.07 Å². The zero-order chi connectivity index (χ0) is 20.0. The van der Waals surface area contributed by atoms with Crippen molar-refractivity contribution in [3.63, 3.8) is 0 Å². The van der Waals surface area contributed by atoms with Crippen LogP contribution in [0.25, 0.3) is 0 Å². The lowest BCUT2D eigenvalue weighted by atomic mass is 9.88. The number of nitriles is 1. The van der Waals surface area contributed by atoms with Gasteiger partial charge in [-0.15, -0.1) is 0 Å². The normalized spacial score (nSPS) is 11.6. The number of nitrogens with zero attached hydrogens (tertiary/aromatic N) is 1. The summed E-state index contributed by atoms with van der Waals surface area (Å²) < 4.78 is 5.19. The second-order valence-electron chi connectivity index (χ2n) is 6.23. The average Bonchev–Trinajstić information content (AvgIpc) is 2.62. The summed E-state index contributed by atoms with van der Waals surface area (Å²) in [5.74, 6) is -1.61. The predicted molar refractivity (Wildman–Crippen MR) is 105 cm³/mol. The standard InChI is InChI=1S/C20H18Cl2N2O3/c1-12(2)19(13-3-6-15(21)7-4-13)20(26)27-11-18(25)24-17-9-16(22)8-5-14(17)10-23/h3-9,12,19H,11H2,1-2H3,(H,24,25)/t19-/m0/s1. The van der Waals surface area contributed by atoms with E-state index in [0.717, 1.165) is 5.56 Å². The molecule has 0 spiro atoms. The summed E-state index contributed by atoms with van der Waals surface area (Å²) in [5, 5.41) is 12.6. The molecule has 1 atom stereocenters. The Kier molecular flexibility index (Phi) is 7.23. The Morgan fingerprint density at radius 3 is 2.33 bits per heavy atom. The van der Waals surface area contributed by atoms with Gasteiger partial charge in [0.2, 0.25) is 0 Å². The van der Waals surface area contributed by atoms with Crippen molar-refractivity contribution in [1.29, 1.82) is 5.26 Å². The average molecular weight is 405 g/mol. The van der Waals surface area contributed by atoms with Gasteiger partial charge in [0.15, 0.2) is 6.61 Å². The fourth-order valence-corrected chi connectivity index (χ4v) is 2.89. The van der Waals surface area contributed by atoms with Gasteiger partial charge in [0.25, 0.3) is 5.91 Å². The highest BCUT2D eigenvalue weighted by Gasteiger charge is 2.26. The van der Waals surface area contributed by atoms with Gasteiger partial charge in [-0.2, -0.15) is 5.26 Å². The molecule has 2 aromatic carbocycles. The molecule has 0 saturated heterocycles. The molecule has 0 fully saturated rings. The summed E-state index contributed by atoms with van der Waals surface area (Å²) >= 11 is 11.8. The molecule has 0 bridgehead atoms. The SMILES string of the molecule is CC(C)[C@H](C(=O)OCC(=O)Nc1cc(Cl)ccc1C#N)c1ccc(Cl)cc1. The summed E-state index contributed by atoms with van der Waals surface area (Å²) in [6.45, 7) is 3.32. The van der Waals surface area contributed by atoms with E-state index in [9.17, 15) is 9.59 Å². The number of esters is 1. The summed E-state index contributed by atoms with van der Waals surface area (Å²) in [4.78, 5) is 24.6. The van der Waals surface area contributed by atoms with Gasteiger partial charge in [-0.25, -0.2) is 0 Å². The molecule has 1 amide bonds. The van der Waals surface area contributed by atoms with Crippen molar-refractivity contribution in [2.24, 2.45) is 5.92 Å². The molecule has 0 aliphatic rings. The minimum absolute atomic E-state index is 0.0279. The number of ether oxygens (including phenoxy) is 1. The van der Waals surface area contributed by atoms with Crippen LogP contribution in [0.4, 0.5) is 5.69 Å². The van der Waals surface area contributed by atoms with E-state index in [0.29, 0.717) is 10.0 Å².